The lowest BCUT2D eigenvalue weighted by Crippen LogP contribution is -2.41. The van der Waals surface area contributed by atoms with Crippen LogP contribution in [0.4, 0.5) is 0 Å². The van der Waals surface area contributed by atoms with Crippen LogP contribution in [0.25, 0.3) is 0 Å². The third kappa shape index (κ3) is 4.00. The van der Waals surface area contributed by atoms with Crippen molar-refractivity contribution in [2.45, 2.75) is 38.4 Å². The van der Waals surface area contributed by atoms with Gasteiger partial charge >= 0.3 is 0 Å². The van der Waals surface area contributed by atoms with Crippen LogP contribution >= 0.6 is 0 Å². The Kier molecular flexibility index (Phi) is 5.31. The maximum absolute atomic E-state index is 5.79. The number of hydrogen-bond acceptors (Lipinski definition) is 4. The van der Waals surface area contributed by atoms with E-state index in [-0.39, 0.29) is 0 Å². The second-order valence-corrected chi connectivity index (χ2v) is 5.64. The fourth-order valence-electron chi connectivity index (χ4n) is 2.78. The van der Waals surface area contributed by atoms with Crippen molar-refractivity contribution in [3.8, 4) is 0 Å². The summed E-state index contributed by atoms with van der Waals surface area (Å²) in [7, 11) is 2.22. The van der Waals surface area contributed by atoms with Gasteiger partial charge in [0.05, 0.1) is 0 Å². The van der Waals surface area contributed by atoms with Gasteiger partial charge in [-0.15, -0.1) is 0 Å². The molecule has 0 saturated carbocycles. The second kappa shape index (κ2) is 6.98. The molecule has 106 valence electrons. The zero-order valence-corrected chi connectivity index (χ0v) is 12.1. The van der Waals surface area contributed by atoms with Gasteiger partial charge in [-0.1, -0.05) is 6.07 Å². The third-order valence-electron chi connectivity index (χ3n) is 4.21. The van der Waals surface area contributed by atoms with Crippen LogP contribution in [0.2, 0.25) is 0 Å². The van der Waals surface area contributed by atoms with Gasteiger partial charge in [-0.25, -0.2) is 0 Å². The molecule has 0 amide bonds. The van der Waals surface area contributed by atoms with E-state index >= 15 is 0 Å². The van der Waals surface area contributed by atoms with E-state index in [1.165, 1.54) is 12.0 Å². The predicted molar refractivity (Wildman–Crippen MR) is 78.8 cm³/mol. The second-order valence-electron chi connectivity index (χ2n) is 5.64. The highest BCUT2D eigenvalue weighted by atomic mass is 15.2. The topological polar surface area (TPSA) is 45.4 Å². The van der Waals surface area contributed by atoms with E-state index in [2.05, 4.69) is 34.8 Å². The average molecular weight is 262 g/mol. The molecule has 1 aromatic heterocycles. The first-order valence-electron chi connectivity index (χ1n) is 7.24. The van der Waals surface area contributed by atoms with Crippen LogP contribution in [0.15, 0.2) is 24.5 Å². The Bertz CT molecular complexity index is 368. The third-order valence-corrected chi connectivity index (χ3v) is 4.21. The first-order chi connectivity index (χ1) is 9.20. The van der Waals surface area contributed by atoms with E-state index in [0.717, 1.165) is 32.6 Å². The molecule has 2 unspecified atom stereocenters. The van der Waals surface area contributed by atoms with Crippen molar-refractivity contribution in [3.63, 3.8) is 0 Å². The fourth-order valence-corrected chi connectivity index (χ4v) is 2.78. The van der Waals surface area contributed by atoms with Crippen molar-refractivity contribution in [2.24, 2.45) is 5.73 Å². The Hall–Kier alpha value is -0.970. The Labute approximate surface area is 116 Å². The van der Waals surface area contributed by atoms with Crippen molar-refractivity contribution in [2.75, 3.05) is 26.7 Å². The summed E-state index contributed by atoms with van der Waals surface area (Å²) >= 11 is 0. The molecule has 2 rings (SSSR count). The molecular formula is C15H26N4. The van der Waals surface area contributed by atoms with Gasteiger partial charge in [0.2, 0.25) is 0 Å². The largest absolute Gasteiger partial charge is 0.330 e. The lowest BCUT2D eigenvalue weighted by atomic mass is 10.1. The maximum atomic E-state index is 5.79. The summed E-state index contributed by atoms with van der Waals surface area (Å²) in [6.45, 7) is 6.31. The van der Waals surface area contributed by atoms with Crippen LogP contribution in [0, 0.1) is 0 Å². The molecule has 1 fully saturated rings. The molecule has 0 radical (unpaired) electrons. The van der Waals surface area contributed by atoms with Crippen LogP contribution in [0.3, 0.4) is 0 Å². The summed E-state index contributed by atoms with van der Waals surface area (Å²) < 4.78 is 0. The van der Waals surface area contributed by atoms with Gasteiger partial charge in [0.15, 0.2) is 0 Å². The van der Waals surface area contributed by atoms with E-state index in [1.807, 2.05) is 18.5 Å². The van der Waals surface area contributed by atoms with Crippen molar-refractivity contribution < 1.29 is 0 Å². The molecule has 0 aliphatic carbocycles. The van der Waals surface area contributed by atoms with Crippen LogP contribution < -0.4 is 5.73 Å². The molecular weight excluding hydrogens is 236 g/mol. The molecule has 0 aromatic carbocycles. The Morgan fingerprint density at radius 2 is 2.32 bits per heavy atom. The summed E-state index contributed by atoms with van der Waals surface area (Å²) in [5.74, 6) is 0. The van der Waals surface area contributed by atoms with Gasteiger partial charge in [0, 0.05) is 44.1 Å². The average Bonchev–Trinajstić information content (AvgIpc) is 2.54. The van der Waals surface area contributed by atoms with Crippen molar-refractivity contribution in [3.05, 3.63) is 30.1 Å². The first-order valence-corrected chi connectivity index (χ1v) is 7.24. The van der Waals surface area contributed by atoms with Gasteiger partial charge in [-0.3, -0.25) is 9.88 Å². The number of hydrogen-bond donors (Lipinski definition) is 1. The summed E-state index contributed by atoms with van der Waals surface area (Å²) in [6, 6.07) is 5.38. The molecule has 4 heteroatoms. The number of pyridine rings is 1. The lowest BCUT2D eigenvalue weighted by molar-refractivity contribution is 0.168. The Balaban J connectivity index is 2.06. The van der Waals surface area contributed by atoms with E-state index in [4.69, 9.17) is 5.73 Å². The molecule has 0 spiro atoms. The molecule has 1 aromatic rings. The molecule has 4 nitrogen and oxygen atoms in total. The van der Waals surface area contributed by atoms with Gasteiger partial charge in [0.25, 0.3) is 0 Å². The maximum Gasteiger partial charge on any atom is 0.0312 e. The molecule has 1 aliphatic heterocycles. The minimum Gasteiger partial charge on any atom is -0.330 e. The van der Waals surface area contributed by atoms with Crippen molar-refractivity contribution >= 4 is 0 Å². The van der Waals surface area contributed by atoms with Crippen LogP contribution in [-0.4, -0.2) is 53.5 Å². The van der Waals surface area contributed by atoms with Crippen LogP contribution in [-0.2, 0) is 6.54 Å². The highest BCUT2D eigenvalue weighted by Gasteiger charge is 2.26. The normalized spacial score (nSPS) is 26.3. The molecule has 2 atom stereocenters. The minimum absolute atomic E-state index is 0.556. The smallest absolute Gasteiger partial charge is 0.0312 e. The quantitative estimate of drug-likeness (QED) is 0.889. The number of nitrogens with two attached hydrogens (primary N) is 1. The molecule has 0 bridgehead atoms. The van der Waals surface area contributed by atoms with E-state index in [1.54, 1.807) is 0 Å². The molecule has 2 N–H and O–H groups in total. The summed E-state index contributed by atoms with van der Waals surface area (Å²) in [4.78, 5) is 9.25. The van der Waals surface area contributed by atoms with Crippen LogP contribution in [0.1, 0.15) is 25.3 Å². The summed E-state index contributed by atoms with van der Waals surface area (Å²) in [6.07, 6.45) is 6.09. The minimum atomic E-state index is 0.556. The van der Waals surface area contributed by atoms with Crippen molar-refractivity contribution in [1.82, 2.24) is 14.8 Å². The Morgan fingerprint density at radius 3 is 3.00 bits per heavy atom. The van der Waals surface area contributed by atoms with Gasteiger partial charge in [0.1, 0.15) is 0 Å². The number of likely N-dealkylation sites (N-methyl/N-ethyl adjacent to an activating group) is 1. The number of nitrogens with zero attached hydrogens (tertiary/aromatic N) is 3. The van der Waals surface area contributed by atoms with Gasteiger partial charge < -0.3 is 10.6 Å². The van der Waals surface area contributed by atoms with Gasteiger partial charge in [-0.05, 0) is 45.0 Å². The SMILES string of the molecule is CC1CCN(Cc2cccnc2)C(CCN)CN1C. The van der Waals surface area contributed by atoms with E-state index < -0.39 is 0 Å². The van der Waals surface area contributed by atoms with E-state index in [0.29, 0.717) is 12.1 Å². The molecule has 1 saturated heterocycles. The lowest BCUT2D eigenvalue weighted by Gasteiger charge is -2.31. The summed E-state index contributed by atoms with van der Waals surface area (Å²) in [5, 5.41) is 0. The Morgan fingerprint density at radius 1 is 1.47 bits per heavy atom. The first kappa shape index (κ1) is 14.4. The van der Waals surface area contributed by atoms with Gasteiger partial charge in [-0.2, -0.15) is 0 Å². The number of aromatic nitrogens is 1. The summed E-state index contributed by atoms with van der Waals surface area (Å²) in [5.41, 5.74) is 7.08. The fraction of sp³-hybridized carbons (Fsp3) is 0.667. The zero-order chi connectivity index (χ0) is 13.7. The predicted octanol–water partition coefficient (Wildman–Crippen LogP) is 1.33. The van der Waals surface area contributed by atoms with Crippen LogP contribution in [0.5, 0.6) is 0 Å². The molecule has 2 heterocycles. The standard InChI is InChI=1S/C15H26N4/c1-13-6-9-19(11-14-4-3-8-17-10-14)15(5-7-16)12-18(13)2/h3-4,8,10,13,15H,5-7,9,11-12,16H2,1-2H3. The monoisotopic (exact) mass is 262 g/mol. The molecule has 19 heavy (non-hydrogen) atoms. The number of rotatable bonds is 4. The zero-order valence-electron chi connectivity index (χ0n) is 12.1. The van der Waals surface area contributed by atoms with E-state index in [9.17, 15) is 0 Å². The molecule has 1 aliphatic rings. The highest BCUT2D eigenvalue weighted by Crippen LogP contribution is 2.18. The van der Waals surface area contributed by atoms with Crippen molar-refractivity contribution in [1.29, 1.82) is 0 Å². The highest BCUT2D eigenvalue weighted by molar-refractivity contribution is 5.08.